The second-order valence-electron chi connectivity index (χ2n) is 9.39. The van der Waals surface area contributed by atoms with Gasteiger partial charge in [0.2, 0.25) is 0 Å². The smallest absolute Gasteiger partial charge is 0.193 e. The molecule has 1 aromatic carbocycles. The molecular weight excluding hydrogens is 394 g/mol. The minimum absolute atomic E-state index is 0.0954. The number of Topliss-reactive ketones (excluding diaryl/α,β-unsaturated/α-hetero) is 1. The zero-order chi connectivity index (χ0) is 24.5. The Hall–Kier alpha value is -2.91. The lowest BCUT2D eigenvalue weighted by atomic mass is 9.80. The van der Waals surface area contributed by atoms with Gasteiger partial charge in [0.1, 0.15) is 11.9 Å². The van der Waals surface area contributed by atoms with Crippen molar-refractivity contribution >= 4 is 5.78 Å². The van der Waals surface area contributed by atoms with Gasteiger partial charge in [0, 0.05) is 16.7 Å². The van der Waals surface area contributed by atoms with Gasteiger partial charge in [-0.05, 0) is 68.5 Å². The van der Waals surface area contributed by atoms with Gasteiger partial charge in [0.25, 0.3) is 0 Å². The fourth-order valence-corrected chi connectivity index (χ4v) is 3.16. The van der Waals surface area contributed by atoms with E-state index in [4.69, 9.17) is 10.5 Å². The molecule has 1 unspecified atom stereocenters. The van der Waals surface area contributed by atoms with Crippen molar-refractivity contribution in [3.8, 4) is 0 Å². The second-order valence-corrected chi connectivity index (χ2v) is 9.39. The number of benzene rings is 1. The Morgan fingerprint density at radius 2 is 1.66 bits per heavy atom. The van der Waals surface area contributed by atoms with Crippen molar-refractivity contribution in [3.63, 3.8) is 0 Å². The molecule has 0 bridgehead atoms. The first kappa shape index (κ1) is 27.1. The fraction of sp³-hybridized carbons (Fsp3) is 0.345. The van der Waals surface area contributed by atoms with E-state index in [-0.39, 0.29) is 17.3 Å². The lowest BCUT2D eigenvalue weighted by Crippen LogP contribution is -2.31. The number of hydrogen-bond donors (Lipinski definition) is 1. The number of ether oxygens (including phenoxy) is 1. The van der Waals surface area contributed by atoms with Gasteiger partial charge in [-0.2, -0.15) is 0 Å². The maximum Gasteiger partial charge on any atom is 0.193 e. The average molecular weight is 434 g/mol. The molecule has 0 aliphatic rings. The van der Waals surface area contributed by atoms with Crippen molar-refractivity contribution in [2.45, 2.75) is 65.5 Å². The third-order valence-corrected chi connectivity index (χ3v) is 4.92. The van der Waals surface area contributed by atoms with Crippen LogP contribution in [-0.4, -0.2) is 11.9 Å². The monoisotopic (exact) mass is 433 g/mol. The van der Waals surface area contributed by atoms with Gasteiger partial charge in [-0.15, -0.1) is 0 Å². The van der Waals surface area contributed by atoms with E-state index in [1.165, 1.54) is 0 Å². The molecule has 0 fully saturated rings. The van der Waals surface area contributed by atoms with E-state index in [0.717, 1.165) is 11.1 Å². The van der Waals surface area contributed by atoms with E-state index >= 15 is 0 Å². The number of nitrogens with two attached hydrogens (primary N) is 1. The summed E-state index contributed by atoms with van der Waals surface area (Å²) in [6.07, 6.45) is 13.9. The van der Waals surface area contributed by atoms with Crippen LogP contribution in [0.25, 0.3) is 0 Å². The molecule has 32 heavy (non-hydrogen) atoms. The third-order valence-electron chi connectivity index (χ3n) is 4.92. The van der Waals surface area contributed by atoms with Crippen LogP contribution in [0.1, 0.15) is 70.0 Å². The highest BCUT2D eigenvalue weighted by atomic mass is 16.5. The average Bonchev–Trinajstić information content (AvgIpc) is 2.71. The van der Waals surface area contributed by atoms with E-state index < -0.39 is 5.54 Å². The molecule has 1 aromatic rings. The molecule has 0 aliphatic carbocycles. The highest BCUT2D eigenvalue weighted by molar-refractivity contribution is 6.11. The van der Waals surface area contributed by atoms with Crippen LogP contribution in [0.2, 0.25) is 0 Å². The minimum Gasteiger partial charge on any atom is -0.487 e. The second kappa shape index (κ2) is 11.6. The zero-order valence-electron chi connectivity index (χ0n) is 20.7. The standard InChI is InChI=1S/C29H39NO2/c1-10-13-15-22(19-21(4)32-24(12-3)16-14-11-2)27(31)25-20-23(28(5,6)7)17-18-26(25)29(8,9)30/h10-21H,1-2,30H2,3-9H3/b15-13?,16-14-,22-19+,24-12+. The number of rotatable bonds is 10. The first-order chi connectivity index (χ1) is 14.8. The molecule has 172 valence electrons. The SMILES string of the molecule is C=CC=C/C(=C\C(C)OC(/C=C\C=C)=C/C)C(=O)c1cc(C(C)(C)C)ccc1C(C)(C)N. The predicted octanol–water partition coefficient (Wildman–Crippen LogP) is 7.08. The molecular formula is C29H39NO2. The summed E-state index contributed by atoms with van der Waals surface area (Å²) < 4.78 is 5.99. The fourth-order valence-electron chi connectivity index (χ4n) is 3.16. The van der Waals surface area contributed by atoms with Crippen LogP contribution in [0.15, 0.2) is 91.3 Å². The molecule has 0 saturated carbocycles. The van der Waals surface area contributed by atoms with Crippen LogP contribution >= 0.6 is 0 Å². The normalized spacial score (nSPS) is 14.6. The molecule has 0 spiro atoms. The number of allylic oxidation sites excluding steroid dienone is 8. The van der Waals surface area contributed by atoms with Gasteiger partial charge >= 0.3 is 0 Å². The van der Waals surface area contributed by atoms with E-state index in [1.807, 2.05) is 64.1 Å². The zero-order valence-corrected chi connectivity index (χ0v) is 20.7. The molecule has 0 saturated heterocycles. The van der Waals surface area contributed by atoms with E-state index in [2.05, 4.69) is 40.0 Å². The summed E-state index contributed by atoms with van der Waals surface area (Å²) in [5, 5.41) is 0. The molecule has 0 radical (unpaired) electrons. The molecule has 0 amide bonds. The van der Waals surface area contributed by atoms with Crippen LogP contribution in [0.4, 0.5) is 0 Å². The van der Waals surface area contributed by atoms with Crippen LogP contribution in [0, 0.1) is 0 Å². The summed E-state index contributed by atoms with van der Waals surface area (Å²) in [5.74, 6) is 0.605. The summed E-state index contributed by atoms with van der Waals surface area (Å²) >= 11 is 0. The van der Waals surface area contributed by atoms with Crippen molar-refractivity contribution < 1.29 is 9.53 Å². The van der Waals surface area contributed by atoms with Gasteiger partial charge in [-0.1, -0.05) is 76.4 Å². The number of carbonyl (C=O) groups excluding carboxylic acids is 1. The molecule has 1 atom stereocenters. The Morgan fingerprint density at radius 1 is 1.06 bits per heavy atom. The molecule has 3 heteroatoms. The van der Waals surface area contributed by atoms with E-state index in [1.54, 1.807) is 24.3 Å². The third kappa shape index (κ3) is 7.97. The summed E-state index contributed by atoms with van der Waals surface area (Å²) in [5.41, 5.74) is 8.70. The van der Waals surface area contributed by atoms with Crippen molar-refractivity contribution in [1.82, 2.24) is 0 Å². The largest absolute Gasteiger partial charge is 0.487 e. The molecule has 1 rings (SSSR count). The summed E-state index contributed by atoms with van der Waals surface area (Å²) in [4.78, 5) is 13.8. The Labute approximate surface area is 194 Å². The van der Waals surface area contributed by atoms with Crippen LogP contribution in [-0.2, 0) is 15.7 Å². The van der Waals surface area contributed by atoms with Crippen LogP contribution in [0.3, 0.4) is 0 Å². The highest BCUT2D eigenvalue weighted by Crippen LogP contribution is 2.30. The van der Waals surface area contributed by atoms with Crippen LogP contribution in [0.5, 0.6) is 0 Å². The van der Waals surface area contributed by atoms with Gasteiger partial charge in [-0.3, -0.25) is 4.79 Å². The molecule has 3 nitrogen and oxygen atoms in total. The Balaban J connectivity index is 3.54. The maximum atomic E-state index is 13.8. The number of carbonyl (C=O) groups is 1. The lowest BCUT2D eigenvalue weighted by Gasteiger charge is -2.26. The van der Waals surface area contributed by atoms with Gasteiger partial charge in [-0.25, -0.2) is 0 Å². The van der Waals surface area contributed by atoms with E-state index in [9.17, 15) is 4.79 Å². The van der Waals surface area contributed by atoms with Gasteiger partial charge < -0.3 is 10.5 Å². The Kier molecular flexibility index (Phi) is 9.86. The topological polar surface area (TPSA) is 52.3 Å². The summed E-state index contributed by atoms with van der Waals surface area (Å²) in [6.45, 7) is 21.4. The number of hydrogen-bond acceptors (Lipinski definition) is 3. The molecule has 0 aromatic heterocycles. The van der Waals surface area contributed by atoms with Crippen molar-refractivity contribution in [2.24, 2.45) is 5.73 Å². The first-order valence-electron chi connectivity index (χ1n) is 11.0. The Morgan fingerprint density at radius 3 is 2.16 bits per heavy atom. The lowest BCUT2D eigenvalue weighted by molar-refractivity contribution is 0.103. The molecule has 2 N–H and O–H groups in total. The van der Waals surface area contributed by atoms with Crippen molar-refractivity contribution in [2.75, 3.05) is 0 Å². The van der Waals surface area contributed by atoms with Gasteiger partial charge in [0.05, 0.1) is 0 Å². The summed E-state index contributed by atoms with van der Waals surface area (Å²) in [6, 6.07) is 6.00. The summed E-state index contributed by atoms with van der Waals surface area (Å²) in [7, 11) is 0. The maximum absolute atomic E-state index is 13.8. The van der Waals surface area contributed by atoms with Gasteiger partial charge in [0.15, 0.2) is 5.78 Å². The quantitative estimate of drug-likeness (QED) is 0.186. The van der Waals surface area contributed by atoms with Crippen LogP contribution < -0.4 is 5.73 Å². The first-order valence-corrected chi connectivity index (χ1v) is 11.0. The highest BCUT2D eigenvalue weighted by Gasteiger charge is 2.26. The predicted molar refractivity (Wildman–Crippen MR) is 138 cm³/mol. The number of ketones is 1. The van der Waals surface area contributed by atoms with E-state index in [0.29, 0.717) is 16.9 Å². The van der Waals surface area contributed by atoms with Crippen molar-refractivity contribution in [1.29, 1.82) is 0 Å². The molecule has 0 heterocycles. The van der Waals surface area contributed by atoms with Crippen molar-refractivity contribution in [3.05, 3.63) is 108 Å². The minimum atomic E-state index is -0.662. The molecule has 0 aliphatic heterocycles. The Bertz CT molecular complexity index is 944.